The van der Waals surface area contributed by atoms with Gasteiger partial charge in [0.15, 0.2) is 23.2 Å². The van der Waals surface area contributed by atoms with Crippen molar-refractivity contribution in [3.8, 4) is 5.75 Å². The number of carbonyl (C=O) groups is 2. The second-order valence-corrected chi connectivity index (χ2v) is 11.9. The Morgan fingerprint density at radius 3 is 1.19 bits per heavy atom. The van der Waals surface area contributed by atoms with E-state index in [-0.39, 0.29) is 0 Å². The molecule has 0 radical (unpaired) electrons. The van der Waals surface area contributed by atoms with E-state index in [0.717, 1.165) is 52.2 Å². The van der Waals surface area contributed by atoms with Crippen LogP contribution in [0.2, 0.25) is 0 Å². The molecular formula is C25H20F20N2O5. The van der Waals surface area contributed by atoms with Gasteiger partial charge in [0.1, 0.15) is 22.6 Å². The summed E-state index contributed by atoms with van der Waals surface area (Å²) >= 11 is 0. The maximum absolute atomic E-state index is 15.3. The van der Waals surface area contributed by atoms with Crippen LogP contribution in [-0.2, 0) is 9.47 Å². The first kappa shape index (κ1) is 45.9. The van der Waals surface area contributed by atoms with Gasteiger partial charge < -0.3 is 14.2 Å². The maximum atomic E-state index is 15.3. The average molecular weight is 808 g/mol. The highest BCUT2D eigenvalue weighted by atomic mass is 19.4. The summed E-state index contributed by atoms with van der Waals surface area (Å²) in [4.78, 5) is 24.0. The lowest BCUT2D eigenvalue weighted by Crippen LogP contribution is -2.72. The fraction of sp³-hybridized carbons (Fsp3) is 0.600. The molecule has 0 spiro atoms. The number of nitrogens with one attached hydrogen (secondary N) is 2. The summed E-state index contributed by atoms with van der Waals surface area (Å²) in [7, 11) is 0. The highest BCUT2D eigenvalue weighted by molar-refractivity contribution is 5.91. The van der Waals surface area contributed by atoms with Gasteiger partial charge in [0, 0.05) is 0 Å². The zero-order chi connectivity index (χ0) is 41.8. The van der Waals surface area contributed by atoms with Gasteiger partial charge in [0.2, 0.25) is 5.83 Å². The summed E-state index contributed by atoms with van der Waals surface area (Å²) in [6.45, 7) is 6.54. The number of carbonyl (C=O) groups excluding carboxylic acids is 2. The van der Waals surface area contributed by atoms with E-state index >= 15 is 4.39 Å². The van der Waals surface area contributed by atoms with E-state index in [1.54, 1.807) is 0 Å². The Labute approximate surface area is 276 Å². The summed E-state index contributed by atoms with van der Waals surface area (Å²) in [6, 6.07) is -4.29. The van der Waals surface area contributed by atoms with Crippen LogP contribution in [0.5, 0.6) is 5.75 Å². The van der Waals surface area contributed by atoms with Crippen LogP contribution in [0.15, 0.2) is 11.8 Å². The van der Waals surface area contributed by atoms with Crippen molar-refractivity contribution in [3.63, 3.8) is 0 Å². The Kier molecular flexibility index (Phi) is 12.1. The Morgan fingerprint density at radius 1 is 0.500 bits per heavy atom. The molecule has 0 aliphatic rings. The molecule has 0 atom stereocenters. The van der Waals surface area contributed by atoms with Crippen molar-refractivity contribution in [1.29, 1.82) is 0 Å². The fourth-order valence-corrected chi connectivity index (χ4v) is 3.13. The molecule has 0 saturated carbocycles. The van der Waals surface area contributed by atoms with Gasteiger partial charge in [0.05, 0.1) is 0 Å². The third-order valence-electron chi connectivity index (χ3n) is 5.50. The Morgan fingerprint density at radius 2 is 0.827 bits per heavy atom. The van der Waals surface area contributed by atoms with Crippen molar-refractivity contribution >= 4 is 23.6 Å². The molecule has 7 nitrogen and oxygen atoms in total. The van der Waals surface area contributed by atoms with E-state index in [1.165, 1.54) is 0 Å². The largest absolute Gasteiger partial charge is 0.460 e. The molecule has 0 fully saturated rings. The van der Waals surface area contributed by atoms with E-state index in [0.29, 0.717) is 0 Å². The third-order valence-corrected chi connectivity index (χ3v) is 5.50. The molecule has 0 aromatic heterocycles. The highest BCUT2D eigenvalue weighted by Crippen LogP contribution is 2.63. The number of hydrogen-bond donors (Lipinski definition) is 2. The molecule has 2 N–H and O–H groups in total. The summed E-state index contributed by atoms with van der Waals surface area (Å²) in [5.74, 6) is -67.7. The molecule has 52 heavy (non-hydrogen) atoms. The Balaban J connectivity index is 4.02. The minimum atomic E-state index is -8.91. The van der Waals surface area contributed by atoms with E-state index < -0.39 is 112 Å². The summed E-state index contributed by atoms with van der Waals surface area (Å²) in [5, 5.41) is 2.13. The smallest absolute Gasteiger partial charge is 0.444 e. The van der Waals surface area contributed by atoms with Gasteiger partial charge in [-0.3, -0.25) is 10.6 Å². The monoisotopic (exact) mass is 808 g/mol. The predicted molar refractivity (Wildman–Crippen MR) is 132 cm³/mol. The van der Waals surface area contributed by atoms with Crippen LogP contribution in [0.25, 0.3) is 0 Å². The molecule has 1 rings (SSSR count). The lowest BCUT2D eigenvalue weighted by Gasteiger charge is -2.41. The van der Waals surface area contributed by atoms with Crippen LogP contribution >= 0.6 is 0 Å². The van der Waals surface area contributed by atoms with Crippen LogP contribution in [0.4, 0.5) is 109 Å². The molecule has 1 aromatic carbocycles. The van der Waals surface area contributed by atoms with E-state index in [4.69, 9.17) is 0 Å². The Bertz CT molecular complexity index is 1580. The van der Waals surface area contributed by atoms with Crippen molar-refractivity contribution in [1.82, 2.24) is 0 Å². The summed E-state index contributed by atoms with van der Waals surface area (Å²) < 4.78 is 288. The van der Waals surface area contributed by atoms with Crippen LogP contribution in [0.1, 0.15) is 41.5 Å². The highest BCUT2D eigenvalue weighted by Gasteiger charge is 2.94. The molecular weight excluding hydrogens is 788 g/mol. The predicted octanol–water partition coefficient (Wildman–Crippen LogP) is 10.7. The van der Waals surface area contributed by atoms with Crippen molar-refractivity contribution in [2.45, 2.75) is 94.5 Å². The lowest BCUT2D eigenvalue weighted by molar-refractivity contribution is -0.451. The molecule has 0 bridgehead atoms. The lowest BCUT2D eigenvalue weighted by atomic mass is 9.91. The van der Waals surface area contributed by atoms with Gasteiger partial charge in [-0.15, -0.1) is 0 Å². The van der Waals surface area contributed by atoms with Gasteiger partial charge in [-0.1, -0.05) is 0 Å². The second kappa shape index (κ2) is 13.7. The van der Waals surface area contributed by atoms with Crippen LogP contribution in [-0.4, -0.2) is 65.1 Å². The number of rotatable bonds is 10. The van der Waals surface area contributed by atoms with Crippen molar-refractivity contribution in [2.75, 3.05) is 10.6 Å². The first-order valence-corrected chi connectivity index (χ1v) is 12.9. The molecule has 0 aliphatic carbocycles. The summed E-state index contributed by atoms with van der Waals surface area (Å²) in [5.41, 5.74) is -7.69. The number of hydrogen-bond acceptors (Lipinski definition) is 5. The van der Waals surface area contributed by atoms with Crippen LogP contribution < -0.4 is 15.4 Å². The fourth-order valence-electron chi connectivity index (χ4n) is 3.13. The zero-order valence-electron chi connectivity index (χ0n) is 26.1. The molecule has 0 saturated heterocycles. The average Bonchev–Trinajstić information content (AvgIpc) is 2.92. The van der Waals surface area contributed by atoms with E-state index in [9.17, 15) is 93.0 Å². The quantitative estimate of drug-likeness (QED) is 0.140. The van der Waals surface area contributed by atoms with E-state index in [1.807, 2.05) is 0 Å². The standard InChI is InChI=1S/C25H20F20N2O5/c1-17(2,3)51-15(48)46-10-7(26)8(27)11(47-16(49)52-18(4,5)6)12(9(10)28)50-14(30)13(29)19(31,32)20(33,34)21(35,36)22(37,38)23(39,40)24(41,42)25(43,44)45/h1-6H3,(H,46,48)(H,47,49). The van der Waals surface area contributed by atoms with Gasteiger partial charge in [-0.25, -0.2) is 22.8 Å². The molecule has 27 heteroatoms. The third kappa shape index (κ3) is 8.25. The van der Waals surface area contributed by atoms with Crippen LogP contribution in [0, 0.1) is 17.5 Å². The molecule has 1 aromatic rings. The summed E-state index contributed by atoms with van der Waals surface area (Å²) in [6.07, 6.45) is -11.9. The number of ether oxygens (including phenoxy) is 3. The number of alkyl halides is 15. The number of allylic oxidation sites excluding steroid dienone is 1. The second-order valence-electron chi connectivity index (χ2n) is 11.9. The van der Waals surface area contributed by atoms with Gasteiger partial charge in [-0.05, 0) is 41.5 Å². The molecule has 0 aliphatic heterocycles. The maximum Gasteiger partial charge on any atom is 0.460 e. The topological polar surface area (TPSA) is 85.9 Å². The minimum absolute atomic E-state index is 1.04. The number of amides is 2. The van der Waals surface area contributed by atoms with Crippen molar-refractivity contribution in [3.05, 3.63) is 29.3 Å². The van der Waals surface area contributed by atoms with Gasteiger partial charge >= 0.3 is 59.9 Å². The number of benzene rings is 1. The first-order chi connectivity index (χ1) is 22.6. The Hall–Kier alpha value is -4.10. The molecule has 0 unspecified atom stereocenters. The number of anilines is 2. The SMILES string of the molecule is CC(C)(C)OC(=O)Nc1c(F)c(F)c(NC(=O)OC(C)(C)C)c(OC(F)=C(F)C(F)(F)C(F)(F)C(F)(F)C(F)(F)C(F)(F)C(F)(F)C(F)(F)F)c1F. The van der Waals surface area contributed by atoms with Crippen LogP contribution in [0.3, 0.4) is 0 Å². The molecule has 2 amide bonds. The molecule has 300 valence electrons. The van der Waals surface area contributed by atoms with E-state index in [2.05, 4.69) is 14.2 Å². The first-order valence-electron chi connectivity index (χ1n) is 12.9. The minimum Gasteiger partial charge on any atom is -0.444 e. The van der Waals surface area contributed by atoms with Crippen molar-refractivity contribution < 1.29 is 112 Å². The van der Waals surface area contributed by atoms with Gasteiger partial charge in [-0.2, -0.15) is 74.6 Å². The zero-order valence-corrected chi connectivity index (χ0v) is 26.1. The molecule has 0 heterocycles. The normalized spacial score (nSPS) is 14.8. The van der Waals surface area contributed by atoms with Gasteiger partial charge in [0.25, 0.3) is 0 Å². The van der Waals surface area contributed by atoms with Crippen molar-refractivity contribution in [2.24, 2.45) is 0 Å². The number of halogens is 20.